The summed E-state index contributed by atoms with van der Waals surface area (Å²) >= 11 is 0. The average Bonchev–Trinajstić information content (AvgIpc) is 2.72. The minimum Gasteiger partial charge on any atom is -0.348 e. The van der Waals surface area contributed by atoms with Gasteiger partial charge >= 0.3 is 0 Å². The number of rotatable bonds is 6. The first-order chi connectivity index (χ1) is 12.7. The first kappa shape index (κ1) is 17.4. The zero-order chi connectivity index (χ0) is 18.2. The average molecular weight is 345 g/mol. The summed E-state index contributed by atoms with van der Waals surface area (Å²) < 4.78 is 0. The van der Waals surface area contributed by atoms with Crippen LogP contribution in [0, 0.1) is 0 Å². The molecule has 0 spiro atoms. The van der Waals surface area contributed by atoms with Crippen LogP contribution >= 0.6 is 0 Å². The number of amides is 2. The van der Waals surface area contributed by atoms with Crippen molar-refractivity contribution in [2.24, 2.45) is 0 Å². The molecule has 0 atom stereocenters. The van der Waals surface area contributed by atoms with Crippen LogP contribution in [0.3, 0.4) is 0 Å². The Hall–Kier alpha value is -3.47. The van der Waals surface area contributed by atoms with Crippen molar-refractivity contribution in [2.45, 2.75) is 13.1 Å². The number of carbonyl (C=O) groups is 2. The van der Waals surface area contributed by atoms with E-state index in [4.69, 9.17) is 0 Å². The van der Waals surface area contributed by atoms with Crippen LogP contribution < -0.4 is 10.6 Å². The molecule has 0 fully saturated rings. The molecule has 0 unspecified atom stereocenters. The van der Waals surface area contributed by atoms with Crippen molar-refractivity contribution in [3.05, 3.63) is 101 Å². The SMILES string of the molecule is O=C(NCc1ccccc1)c1cccc(C(=O)NCc2ccncc2)c1. The zero-order valence-electron chi connectivity index (χ0n) is 14.2. The van der Waals surface area contributed by atoms with E-state index in [1.54, 1.807) is 36.7 Å². The van der Waals surface area contributed by atoms with Crippen LogP contribution in [0.4, 0.5) is 0 Å². The molecule has 3 rings (SSSR count). The van der Waals surface area contributed by atoms with E-state index >= 15 is 0 Å². The number of hydrogen-bond donors (Lipinski definition) is 2. The Balaban J connectivity index is 1.60. The fourth-order valence-electron chi connectivity index (χ4n) is 2.47. The highest BCUT2D eigenvalue weighted by atomic mass is 16.2. The van der Waals surface area contributed by atoms with Crippen molar-refractivity contribution in [3.63, 3.8) is 0 Å². The molecule has 0 aliphatic heterocycles. The van der Waals surface area contributed by atoms with Gasteiger partial charge < -0.3 is 10.6 Å². The monoisotopic (exact) mass is 345 g/mol. The molecule has 2 amide bonds. The molecule has 1 aromatic heterocycles. The molecule has 0 aliphatic carbocycles. The van der Waals surface area contributed by atoms with Crippen LogP contribution in [0.5, 0.6) is 0 Å². The lowest BCUT2D eigenvalue weighted by molar-refractivity contribution is 0.0950. The normalized spacial score (nSPS) is 10.2. The molecule has 0 saturated carbocycles. The maximum absolute atomic E-state index is 12.3. The van der Waals surface area contributed by atoms with E-state index in [0.717, 1.165) is 11.1 Å². The summed E-state index contributed by atoms with van der Waals surface area (Å²) in [5.74, 6) is -0.433. The Kier molecular flexibility index (Phi) is 5.72. The fourth-order valence-corrected chi connectivity index (χ4v) is 2.47. The van der Waals surface area contributed by atoms with Crippen molar-refractivity contribution in [1.82, 2.24) is 15.6 Å². The zero-order valence-corrected chi connectivity index (χ0v) is 14.2. The van der Waals surface area contributed by atoms with E-state index in [1.807, 2.05) is 42.5 Å². The fraction of sp³-hybridized carbons (Fsp3) is 0.0952. The molecule has 0 bridgehead atoms. The van der Waals surface area contributed by atoms with Crippen LogP contribution in [0.25, 0.3) is 0 Å². The molecule has 5 nitrogen and oxygen atoms in total. The topological polar surface area (TPSA) is 71.1 Å². The second-order valence-electron chi connectivity index (χ2n) is 5.79. The lowest BCUT2D eigenvalue weighted by Crippen LogP contribution is -2.25. The summed E-state index contributed by atoms with van der Waals surface area (Å²) in [6.07, 6.45) is 3.36. The molecule has 0 saturated heterocycles. The van der Waals surface area contributed by atoms with Gasteiger partial charge in [-0.1, -0.05) is 36.4 Å². The number of aromatic nitrogens is 1. The van der Waals surface area contributed by atoms with E-state index < -0.39 is 0 Å². The Morgan fingerprint density at radius 2 is 1.23 bits per heavy atom. The Bertz CT molecular complexity index is 809. The summed E-state index contributed by atoms with van der Waals surface area (Å²) in [6, 6.07) is 20.1. The predicted molar refractivity (Wildman–Crippen MR) is 99.5 cm³/mol. The number of pyridine rings is 1. The number of carbonyl (C=O) groups excluding carboxylic acids is 2. The van der Waals surface area contributed by atoms with Gasteiger partial charge in [-0.3, -0.25) is 14.6 Å². The van der Waals surface area contributed by atoms with E-state index in [-0.39, 0.29) is 11.8 Å². The largest absolute Gasteiger partial charge is 0.348 e. The van der Waals surface area contributed by atoms with Gasteiger partial charge in [0.25, 0.3) is 11.8 Å². The molecule has 3 aromatic rings. The first-order valence-corrected chi connectivity index (χ1v) is 8.31. The number of benzene rings is 2. The van der Waals surface area contributed by atoms with E-state index in [0.29, 0.717) is 24.2 Å². The van der Waals surface area contributed by atoms with E-state index in [9.17, 15) is 9.59 Å². The summed E-state index contributed by atoms with van der Waals surface area (Å²) in [5, 5.41) is 5.70. The molecule has 2 N–H and O–H groups in total. The molecular weight excluding hydrogens is 326 g/mol. The Morgan fingerprint density at radius 1 is 0.692 bits per heavy atom. The van der Waals surface area contributed by atoms with Gasteiger partial charge in [0, 0.05) is 36.6 Å². The third kappa shape index (κ3) is 4.77. The van der Waals surface area contributed by atoms with Crippen LogP contribution in [0.1, 0.15) is 31.8 Å². The highest BCUT2D eigenvalue weighted by Crippen LogP contribution is 2.07. The van der Waals surface area contributed by atoms with E-state index in [1.165, 1.54) is 0 Å². The van der Waals surface area contributed by atoms with Gasteiger partial charge in [-0.2, -0.15) is 0 Å². The van der Waals surface area contributed by atoms with Crippen molar-refractivity contribution in [3.8, 4) is 0 Å². The quantitative estimate of drug-likeness (QED) is 0.721. The van der Waals surface area contributed by atoms with Crippen molar-refractivity contribution >= 4 is 11.8 Å². The molecule has 130 valence electrons. The number of nitrogens with one attached hydrogen (secondary N) is 2. The van der Waals surface area contributed by atoms with Gasteiger partial charge in [0.15, 0.2) is 0 Å². The third-order valence-electron chi connectivity index (χ3n) is 3.89. The molecule has 26 heavy (non-hydrogen) atoms. The Labute approximate surface area is 152 Å². The predicted octanol–water partition coefficient (Wildman–Crippen LogP) is 2.94. The number of hydrogen-bond acceptors (Lipinski definition) is 3. The second-order valence-corrected chi connectivity index (χ2v) is 5.79. The molecular formula is C21H19N3O2. The van der Waals surface area contributed by atoms with Gasteiger partial charge in [-0.25, -0.2) is 0 Å². The van der Waals surface area contributed by atoms with Crippen LogP contribution in [0.15, 0.2) is 79.1 Å². The van der Waals surface area contributed by atoms with Gasteiger partial charge in [0.2, 0.25) is 0 Å². The minimum atomic E-state index is -0.223. The molecule has 2 aromatic carbocycles. The lowest BCUT2D eigenvalue weighted by atomic mass is 10.1. The van der Waals surface area contributed by atoms with Crippen LogP contribution in [-0.4, -0.2) is 16.8 Å². The maximum Gasteiger partial charge on any atom is 0.251 e. The third-order valence-corrected chi connectivity index (χ3v) is 3.89. The molecule has 1 heterocycles. The van der Waals surface area contributed by atoms with Crippen molar-refractivity contribution in [2.75, 3.05) is 0 Å². The Morgan fingerprint density at radius 3 is 1.81 bits per heavy atom. The standard InChI is InChI=1S/C21H19N3O2/c25-20(23-14-16-5-2-1-3-6-16)18-7-4-8-19(13-18)21(26)24-15-17-9-11-22-12-10-17/h1-13H,14-15H2,(H,23,25)(H,24,26). The summed E-state index contributed by atoms with van der Waals surface area (Å²) in [7, 11) is 0. The second kappa shape index (κ2) is 8.58. The molecule has 0 aliphatic rings. The van der Waals surface area contributed by atoms with E-state index in [2.05, 4.69) is 15.6 Å². The van der Waals surface area contributed by atoms with Gasteiger partial charge in [-0.15, -0.1) is 0 Å². The maximum atomic E-state index is 12.3. The van der Waals surface area contributed by atoms with Gasteiger partial charge in [0.1, 0.15) is 0 Å². The van der Waals surface area contributed by atoms with Crippen molar-refractivity contribution < 1.29 is 9.59 Å². The number of nitrogens with zero attached hydrogens (tertiary/aromatic N) is 1. The van der Waals surface area contributed by atoms with Crippen molar-refractivity contribution in [1.29, 1.82) is 0 Å². The minimum absolute atomic E-state index is 0.211. The lowest BCUT2D eigenvalue weighted by Gasteiger charge is -2.08. The highest BCUT2D eigenvalue weighted by molar-refractivity contribution is 5.99. The van der Waals surface area contributed by atoms with Gasteiger partial charge in [0.05, 0.1) is 0 Å². The smallest absolute Gasteiger partial charge is 0.251 e. The molecule has 5 heteroatoms. The van der Waals surface area contributed by atoms with Crippen LogP contribution in [0.2, 0.25) is 0 Å². The van der Waals surface area contributed by atoms with Crippen LogP contribution in [-0.2, 0) is 13.1 Å². The van der Waals surface area contributed by atoms with Gasteiger partial charge in [-0.05, 0) is 41.5 Å². The summed E-state index contributed by atoms with van der Waals surface area (Å²) in [5.41, 5.74) is 2.89. The summed E-state index contributed by atoms with van der Waals surface area (Å²) in [6.45, 7) is 0.851. The highest BCUT2D eigenvalue weighted by Gasteiger charge is 2.10. The first-order valence-electron chi connectivity index (χ1n) is 8.31. The molecule has 0 radical (unpaired) electrons. The summed E-state index contributed by atoms with van der Waals surface area (Å²) in [4.78, 5) is 28.6.